The predicted octanol–water partition coefficient (Wildman–Crippen LogP) is 1.64. The van der Waals surface area contributed by atoms with E-state index in [0.29, 0.717) is 17.5 Å². The summed E-state index contributed by atoms with van der Waals surface area (Å²) in [7, 11) is -0.338. The van der Waals surface area contributed by atoms with Crippen LogP contribution in [0.3, 0.4) is 0 Å². The van der Waals surface area contributed by atoms with Gasteiger partial charge in [-0.25, -0.2) is 12.7 Å². The second-order valence-electron chi connectivity index (χ2n) is 5.83. The molecule has 2 N–H and O–H groups in total. The van der Waals surface area contributed by atoms with Gasteiger partial charge < -0.3 is 10.6 Å². The summed E-state index contributed by atoms with van der Waals surface area (Å²) in [5, 5.41) is 0. The first-order valence-electron chi connectivity index (χ1n) is 7.39. The number of rotatable bonds is 4. The Morgan fingerprint density at radius 3 is 2.57 bits per heavy atom. The third-order valence-electron chi connectivity index (χ3n) is 4.20. The summed E-state index contributed by atoms with van der Waals surface area (Å²) in [5.41, 5.74) is 6.68. The lowest BCUT2D eigenvalue weighted by Gasteiger charge is -2.43. The first-order valence-corrected chi connectivity index (χ1v) is 8.83. The van der Waals surface area contributed by atoms with E-state index in [9.17, 15) is 8.42 Å². The van der Waals surface area contributed by atoms with E-state index >= 15 is 0 Å². The summed E-state index contributed by atoms with van der Waals surface area (Å²) >= 11 is 0. The molecule has 0 aliphatic carbocycles. The van der Waals surface area contributed by atoms with Gasteiger partial charge in [-0.15, -0.1) is 0 Å². The van der Waals surface area contributed by atoms with Crippen molar-refractivity contribution in [1.82, 2.24) is 4.31 Å². The van der Waals surface area contributed by atoms with E-state index < -0.39 is 10.0 Å². The molecule has 1 aliphatic rings. The Kier molecular flexibility index (Phi) is 4.91. The van der Waals surface area contributed by atoms with Gasteiger partial charge in [0.2, 0.25) is 10.0 Å². The number of piperidine rings is 1. The van der Waals surface area contributed by atoms with E-state index in [1.807, 2.05) is 12.1 Å². The van der Waals surface area contributed by atoms with Crippen LogP contribution in [0.4, 0.5) is 5.69 Å². The van der Waals surface area contributed by atoms with E-state index in [2.05, 4.69) is 11.8 Å². The van der Waals surface area contributed by atoms with Crippen molar-refractivity contribution in [3.8, 4) is 0 Å². The number of anilines is 1. The molecule has 0 saturated carbocycles. The van der Waals surface area contributed by atoms with E-state index in [4.69, 9.17) is 5.73 Å². The molecule has 0 radical (unpaired) electrons. The minimum absolute atomic E-state index is 0.201. The van der Waals surface area contributed by atoms with E-state index in [1.165, 1.54) is 4.31 Å². The Morgan fingerprint density at radius 1 is 1.29 bits per heavy atom. The zero-order valence-electron chi connectivity index (χ0n) is 13.0. The molecule has 118 valence electrons. The zero-order chi connectivity index (χ0) is 15.6. The Balaban J connectivity index is 2.53. The van der Waals surface area contributed by atoms with Gasteiger partial charge >= 0.3 is 0 Å². The molecule has 1 saturated heterocycles. The van der Waals surface area contributed by atoms with Crippen LogP contribution in [0.15, 0.2) is 29.2 Å². The lowest BCUT2D eigenvalue weighted by Crippen LogP contribution is -2.49. The molecule has 1 aromatic rings. The highest BCUT2D eigenvalue weighted by molar-refractivity contribution is 7.89. The normalized spacial score (nSPS) is 23.6. The average molecular weight is 311 g/mol. The Bertz CT molecular complexity index is 586. The number of hydrogen-bond acceptors (Lipinski definition) is 4. The van der Waals surface area contributed by atoms with Crippen molar-refractivity contribution in [1.29, 1.82) is 0 Å². The van der Waals surface area contributed by atoms with Crippen molar-refractivity contribution in [2.75, 3.05) is 25.5 Å². The van der Waals surface area contributed by atoms with Gasteiger partial charge in [-0.1, -0.05) is 12.1 Å². The van der Waals surface area contributed by atoms with Gasteiger partial charge in [0.25, 0.3) is 0 Å². The van der Waals surface area contributed by atoms with Gasteiger partial charge in [0, 0.05) is 32.7 Å². The fraction of sp³-hybridized carbons (Fsp3) is 0.600. The highest BCUT2D eigenvalue weighted by Gasteiger charge is 2.31. The third kappa shape index (κ3) is 3.07. The average Bonchev–Trinajstić information content (AvgIpc) is 2.46. The zero-order valence-corrected chi connectivity index (χ0v) is 13.8. The second-order valence-corrected chi connectivity index (χ2v) is 7.95. The first-order chi connectivity index (χ1) is 9.89. The smallest absolute Gasteiger partial charge is 0.244 e. The molecule has 0 spiro atoms. The summed E-state index contributed by atoms with van der Waals surface area (Å²) in [4.78, 5) is 2.56. The van der Waals surface area contributed by atoms with Gasteiger partial charge in [0.15, 0.2) is 0 Å². The van der Waals surface area contributed by atoms with Crippen LogP contribution < -0.4 is 10.6 Å². The maximum absolute atomic E-state index is 12.6. The number of nitrogens with two attached hydrogens (primary N) is 1. The minimum atomic E-state index is -3.46. The summed E-state index contributed by atoms with van der Waals surface area (Å²) in [6.45, 7) is 2.68. The van der Waals surface area contributed by atoms with Crippen molar-refractivity contribution in [3.05, 3.63) is 24.3 Å². The molecule has 0 bridgehead atoms. The molecule has 21 heavy (non-hydrogen) atoms. The highest BCUT2D eigenvalue weighted by Crippen LogP contribution is 2.34. The number of hydrogen-bond donors (Lipinski definition) is 1. The number of nitrogens with zero attached hydrogens (tertiary/aromatic N) is 2. The molecule has 2 unspecified atom stereocenters. The molecular weight excluding hydrogens is 286 g/mol. The number of benzene rings is 1. The van der Waals surface area contributed by atoms with Crippen LogP contribution in [0.1, 0.15) is 26.2 Å². The highest BCUT2D eigenvalue weighted by atomic mass is 32.2. The molecule has 2 atom stereocenters. The van der Waals surface area contributed by atoms with Gasteiger partial charge in [-0.2, -0.15) is 0 Å². The molecule has 0 aromatic heterocycles. The van der Waals surface area contributed by atoms with E-state index in [0.717, 1.165) is 24.9 Å². The maximum Gasteiger partial charge on any atom is 0.244 e. The predicted molar refractivity (Wildman–Crippen MR) is 85.9 cm³/mol. The molecule has 1 fully saturated rings. The van der Waals surface area contributed by atoms with Gasteiger partial charge in [0.1, 0.15) is 4.90 Å². The van der Waals surface area contributed by atoms with Crippen LogP contribution >= 0.6 is 0 Å². The summed E-state index contributed by atoms with van der Waals surface area (Å²) in [5.74, 6) is 0. The third-order valence-corrected chi connectivity index (χ3v) is 6.06. The Labute approximate surface area is 127 Å². The molecule has 1 aliphatic heterocycles. The lowest BCUT2D eigenvalue weighted by molar-refractivity contribution is 0.398. The Morgan fingerprint density at radius 2 is 1.95 bits per heavy atom. The van der Waals surface area contributed by atoms with Crippen molar-refractivity contribution >= 4 is 15.7 Å². The van der Waals surface area contributed by atoms with Crippen LogP contribution in [0.5, 0.6) is 0 Å². The molecule has 5 nitrogen and oxygen atoms in total. The van der Waals surface area contributed by atoms with E-state index in [-0.39, 0.29) is 6.04 Å². The van der Waals surface area contributed by atoms with Crippen LogP contribution in [-0.4, -0.2) is 45.4 Å². The molecule has 1 aromatic carbocycles. The molecule has 0 amide bonds. The molecule has 2 rings (SSSR count). The van der Waals surface area contributed by atoms with Crippen molar-refractivity contribution < 1.29 is 8.42 Å². The monoisotopic (exact) mass is 311 g/mol. The topological polar surface area (TPSA) is 66.6 Å². The number of sulfonamides is 1. The maximum atomic E-state index is 12.6. The van der Waals surface area contributed by atoms with Crippen molar-refractivity contribution in [2.24, 2.45) is 5.73 Å². The first kappa shape index (κ1) is 16.3. The molecule has 1 heterocycles. The van der Waals surface area contributed by atoms with Crippen LogP contribution in [0.2, 0.25) is 0 Å². The largest absolute Gasteiger partial charge is 0.363 e. The fourth-order valence-corrected chi connectivity index (χ4v) is 4.12. The van der Waals surface area contributed by atoms with Crippen molar-refractivity contribution in [2.45, 2.75) is 43.2 Å². The van der Waals surface area contributed by atoms with Crippen LogP contribution in [0.25, 0.3) is 0 Å². The van der Waals surface area contributed by atoms with Gasteiger partial charge in [-0.3, -0.25) is 0 Å². The Hall–Kier alpha value is -1.11. The van der Waals surface area contributed by atoms with Crippen LogP contribution in [0, 0.1) is 0 Å². The van der Waals surface area contributed by atoms with Crippen LogP contribution in [-0.2, 0) is 10.0 Å². The number of para-hydroxylation sites is 1. The molecular formula is C15H25N3O2S. The SMILES string of the molecule is CC1CCCC(CN)N1c1ccccc1S(=O)(=O)N(C)C. The van der Waals surface area contributed by atoms with E-state index in [1.54, 1.807) is 26.2 Å². The summed E-state index contributed by atoms with van der Waals surface area (Å²) < 4.78 is 26.4. The standard InChI is InChI=1S/C15H25N3O2S/c1-12-7-6-8-13(11-16)18(12)14-9-4-5-10-15(14)21(19,20)17(2)3/h4-5,9-10,12-13H,6-8,11,16H2,1-3H3. The van der Waals surface area contributed by atoms with Gasteiger partial charge in [0.05, 0.1) is 5.69 Å². The second kappa shape index (κ2) is 6.34. The lowest BCUT2D eigenvalue weighted by atomic mass is 9.95. The molecule has 6 heteroatoms. The van der Waals surface area contributed by atoms with Gasteiger partial charge in [-0.05, 0) is 38.3 Å². The van der Waals surface area contributed by atoms with Crippen molar-refractivity contribution in [3.63, 3.8) is 0 Å². The quantitative estimate of drug-likeness (QED) is 0.918. The summed E-state index contributed by atoms with van der Waals surface area (Å²) in [6.07, 6.45) is 3.21. The fourth-order valence-electron chi connectivity index (χ4n) is 3.04. The minimum Gasteiger partial charge on any atom is -0.363 e. The summed E-state index contributed by atoms with van der Waals surface area (Å²) in [6, 6.07) is 7.73.